The highest BCUT2D eigenvalue weighted by atomic mass is 35.5. The van der Waals surface area contributed by atoms with Crippen molar-refractivity contribution in [2.45, 2.75) is 19.1 Å². The van der Waals surface area contributed by atoms with E-state index in [1.807, 2.05) is 0 Å². The molecule has 2 nitrogen and oxygen atoms in total. The van der Waals surface area contributed by atoms with Crippen LogP contribution in [0, 0.1) is 5.92 Å². The Balaban J connectivity index is 3.34. The summed E-state index contributed by atoms with van der Waals surface area (Å²) in [4.78, 5) is 0. The molecule has 0 aromatic carbocycles. The smallest absolute Gasteiger partial charge is 0.0765 e. The highest BCUT2D eigenvalue weighted by Gasteiger charge is 2.08. The molecule has 0 aromatic rings. The molecule has 2 N–H and O–H groups in total. The lowest BCUT2D eigenvalue weighted by atomic mass is 10.3. The summed E-state index contributed by atoms with van der Waals surface area (Å²) in [6.45, 7) is 2.17. The number of thioether (sulfide) groups is 2. The van der Waals surface area contributed by atoms with Crippen LogP contribution >= 0.6 is 46.7 Å². The van der Waals surface area contributed by atoms with Crippen LogP contribution in [0.25, 0.3) is 0 Å². The molecular weight excluding hydrogens is 287 g/mol. The zero-order valence-corrected chi connectivity index (χ0v) is 12.6. The van der Waals surface area contributed by atoms with Gasteiger partial charge in [-0.05, 0) is 17.4 Å². The van der Waals surface area contributed by atoms with E-state index in [9.17, 15) is 10.2 Å². The average molecular weight is 307 g/mol. The molecule has 6 heteroatoms. The van der Waals surface area contributed by atoms with Crippen LogP contribution in [0.5, 0.6) is 0 Å². The molecule has 0 radical (unpaired) electrons. The van der Waals surface area contributed by atoms with Crippen molar-refractivity contribution in [1.29, 1.82) is 0 Å². The average Bonchev–Trinajstić information content (AvgIpc) is 2.28. The monoisotopic (exact) mass is 306 g/mol. The number of halogens is 2. The molecule has 0 bridgehead atoms. The molecule has 0 rings (SSSR count). The predicted molar refractivity (Wildman–Crippen MR) is 77.3 cm³/mol. The maximum Gasteiger partial charge on any atom is 0.0765 e. The third-order valence-corrected chi connectivity index (χ3v) is 5.34. The van der Waals surface area contributed by atoms with Crippen molar-refractivity contribution in [2.75, 3.05) is 34.8 Å². The van der Waals surface area contributed by atoms with Gasteiger partial charge in [-0.2, -0.15) is 23.5 Å². The van der Waals surface area contributed by atoms with Gasteiger partial charge in [0.15, 0.2) is 0 Å². The fraction of sp³-hybridized carbons (Fsp3) is 1.00. The first kappa shape index (κ1) is 17.2. The summed E-state index contributed by atoms with van der Waals surface area (Å²) in [5.41, 5.74) is 0. The van der Waals surface area contributed by atoms with Gasteiger partial charge in [0.1, 0.15) is 0 Å². The van der Waals surface area contributed by atoms with Crippen LogP contribution in [0.2, 0.25) is 0 Å². The van der Waals surface area contributed by atoms with Gasteiger partial charge in [0.2, 0.25) is 0 Å². The summed E-state index contributed by atoms with van der Waals surface area (Å²) in [5.74, 6) is 4.59. The van der Waals surface area contributed by atoms with E-state index in [1.165, 1.54) is 0 Å². The Morgan fingerprint density at radius 1 is 0.875 bits per heavy atom. The van der Waals surface area contributed by atoms with Gasteiger partial charge >= 0.3 is 0 Å². The summed E-state index contributed by atoms with van der Waals surface area (Å²) in [6.07, 6.45) is -0.797. The first-order chi connectivity index (χ1) is 7.60. The third kappa shape index (κ3) is 10.4. The van der Waals surface area contributed by atoms with Crippen molar-refractivity contribution in [1.82, 2.24) is 0 Å². The van der Waals surface area contributed by atoms with Gasteiger partial charge in [0.05, 0.1) is 12.2 Å². The number of hydrogen-bond donors (Lipinski definition) is 2. The Morgan fingerprint density at radius 3 is 1.56 bits per heavy atom. The minimum Gasteiger partial charge on any atom is -0.391 e. The first-order valence-corrected chi connectivity index (χ1v) is 8.61. The predicted octanol–water partition coefficient (Wildman–Crippen LogP) is 2.29. The molecule has 16 heavy (non-hydrogen) atoms. The second kappa shape index (κ2) is 11.3. The van der Waals surface area contributed by atoms with Crippen molar-refractivity contribution in [3.05, 3.63) is 0 Å². The lowest BCUT2D eigenvalue weighted by Crippen LogP contribution is -2.15. The quantitative estimate of drug-likeness (QED) is 0.608. The van der Waals surface area contributed by atoms with E-state index in [0.29, 0.717) is 29.2 Å². The fourth-order valence-electron chi connectivity index (χ4n) is 0.948. The Kier molecular flexibility index (Phi) is 12.1. The summed E-state index contributed by atoms with van der Waals surface area (Å²) in [5, 5.41) is 18.5. The Morgan fingerprint density at radius 2 is 1.25 bits per heavy atom. The molecule has 0 aliphatic heterocycles. The van der Waals surface area contributed by atoms with Crippen molar-refractivity contribution < 1.29 is 10.2 Å². The van der Waals surface area contributed by atoms with Crippen LogP contribution in [-0.4, -0.2) is 57.2 Å². The SMILES string of the molecule is CC(CSCC(O)CCl)CSCC(O)CCl. The number of hydrogen-bond acceptors (Lipinski definition) is 4. The standard InChI is InChI=1S/C10H20Cl2O2S2/c1-8(4-15-6-9(13)2-11)5-16-7-10(14)3-12/h8-10,13-14H,2-7H2,1H3. The van der Waals surface area contributed by atoms with E-state index in [4.69, 9.17) is 23.2 Å². The second-order valence-electron chi connectivity index (χ2n) is 3.80. The largest absolute Gasteiger partial charge is 0.391 e. The molecule has 2 atom stereocenters. The van der Waals surface area contributed by atoms with Gasteiger partial charge in [0, 0.05) is 23.3 Å². The van der Waals surface area contributed by atoms with E-state index in [2.05, 4.69) is 6.92 Å². The minimum absolute atomic E-state index is 0.304. The summed E-state index contributed by atoms with van der Waals surface area (Å²) in [6, 6.07) is 0. The molecule has 0 aliphatic rings. The molecule has 0 fully saturated rings. The van der Waals surface area contributed by atoms with Gasteiger partial charge in [-0.1, -0.05) is 6.92 Å². The van der Waals surface area contributed by atoms with Crippen LogP contribution in [0.4, 0.5) is 0 Å². The second-order valence-corrected chi connectivity index (χ2v) is 6.56. The van der Waals surface area contributed by atoms with Gasteiger partial charge in [-0.25, -0.2) is 0 Å². The molecule has 0 spiro atoms. The topological polar surface area (TPSA) is 40.5 Å². The molecule has 0 aliphatic carbocycles. The highest BCUT2D eigenvalue weighted by Crippen LogP contribution is 2.16. The van der Waals surface area contributed by atoms with E-state index in [0.717, 1.165) is 11.5 Å². The summed E-state index contributed by atoms with van der Waals surface area (Å²) >= 11 is 14.4. The lowest BCUT2D eigenvalue weighted by Gasteiger charge is -2.13. The lowest BCUT2D eigenvalue weighted by molar-refractivity contribution is 0.223. The van der Waals surface area contributed by atoms with Crippen LogP contribution in [0.15, 0.2) is 0 Å². The number of aliphatic hydroxyl groups is 2. The van der Waals surface area contributed by atoms with E-state index in [1.54, 1.807) is 23.5 Å². The minimum atomic E-state index is -0.399. The van der Waals surface area contributed by atoms with E-state index >= 15 is 0 Å². The number of rotatable bonds is 10. The maximum absolute atomic E-state index is 9.25. The molecule has 0 saturated carbocycles. The molecule has 0 amide bonds. The number of alkyl halides is 2. The fourth-order valence-corrected chi connectivity index (χ4v) is 3.67. The van der Waals surface area contributed by atoms with Crippen LogP contribution in [-0.2, 0) is 0 Å². The summed E-state index contributed by atoms with van der Waals surface area (Å²) < 4.78 is 0. The van der Waals surface area contributed by atoms with Gasteiger partial charge in [0.25, 0.3) is 0 Å². The molecule has 98 valence electrons. The first-order valence-electron chi connectivity index (χ1n) is 5.23. The van der Waals surface area contributed by atoms with Crippen LogP contribution in [0.1, 0.15) is 6.92 Å². The van der Waals surface area contributed by atoms with E-state index < -0.39 is 12.2 Å². The van der Waals surface area contributed by atoms with Gasteiger partial charge in [-0.3, -0.25) is 0 Å². The summed E-state index contributed by atoms with van der Waals surface area (Å²) in [7, 11) is 0. The number of aliphatic hydroxyl groups excluding tert-OH is 2. The van der Waals surface area contributed by atoms with Crippen molar-refractivity contribution in [3.63, 3.8) is 0 Å². The van der Waals surface area contributed by atoms with Crippen molar-refractivity contribution in [3.8, 4) is 0 Å². The molecule has 0 saturated heterocycles. The third-order valence-electron chi connectivity index (χ3n) is 1.78. The molecular formula is C10H20Cl2O2S2. The molecule has 2 unspecified atom stereocenters. The molecule has 0 aromatic heterocycles. The highest BCUT2D eigenvalue weighted by molar-refractivity contribution is 8.00. The van der Waals surface area contributed by atoms with Crippen LogP contribution in [0.3, 0.4) is 0 Å². The zero-order chi connectivity index (χ0) is 12.4. The Hall–Kier alpha value is 1.20. The van der Waals surface area contributed by atoms with Gasteiger partial charge in [-0.15, -0.1) is 23.2 Å². The Labute approximate surface area is 116 Å². The maximum atomic E-state index is 9.25. The normalized spacial score (nSPS) is 17.1. The molecule has 0 heterocycles. The van der Waals surface area contributed by atoms with E-state index in [-0.39, 0.29) is 0 Å². The van der Waals surface area contributed by atoms with Crippen LogP contribution < -0.4 is 0 Å². The Bertz CT molecular complexity index is 148. The van der Waals surface area contributed by atoms with Crippen molar-refractivity contribution >= 4 is 46.7 Å². The van der Waals surface area contributed by atoms with Crippen molar-refractivity contribution in [2.24, 2.45) is 5.92 Å². The zero-order valence-electron chi connectivity index (χ0n) is 9.44. The van der Waals surface area contributed by atoms with Gasteiger partial charge < -0.3 is 10.2 Å².